The number of amides is 4. The van der Waals surface area contributed by atoms with Crippen LogP contribution in [0.15, 0.2) is 73.6 Å². The van der Waals surface area contributed by atoms with Crippen molar-refractivity contribution in [3.8, 4) is 5.75 Å². The number of ketones is 1. The van der Waals surface area contributed by atoms with Crippen molar-refractivity contribution in [3.63, 3.8) is 0 Å². The van der Waals surface area contributed by atoms with Crippen LogP contribution in [0.1, 0.15) is 93.8 Å². The first kappa shape index (κ1) is 43.7. The second-order valence-electron chi connectivity index (χ2n) is 16.0. The molecule has 16 heteroatoms. The molecule has 0 saturated carbocycles. The van der Waals surface area contributed by atoms with Crippen molar-refractivity contribution in [2.45, 2.75) is 83.3 Å². The van der Waals surface area contributed by atoms with Crippen molar-refractivity contribution in [1.82, 2.24) is 14.0 Å². The molecule has 0 aliphatic carbocycles. The highest BCUT2D eigenvalue weighted by molar-refractivity contribution is 6.06. The zero-order chi connectivity index (χ0) is 43.9. The minimum absolute atomic E-state index is 0.0274. The summed E-state index contributed by atoms with van der Waals surface area (Å²) in [6.45, 7) is 6.76. The van der Waals surface area contributed by atoms with Crippen molar-refractivity contribution in [2.24, 2.45) is 14.1 Å². The van der Waals surface area contributed by atoms with Gasteiger partial charge in [-0.3, -0.25) is 19.2 Å². The number of nitrogens with two attached hydrogens (primary N) is 1. The van der Waals surface area contributed by atoms with Crippen LogP contribution in [0, 0.1) is 6.92 Å². The molecule has 2 aromatic carbocycles. The smallest absolute Gasteiger partial charge is 0.416 e. The Morgan fingerprint density at radius 2 is 1.71 bits per heavy atom. The van der Waals surface area contributed by atoms with Crippen LogP contribution in [0.25, 0.3) is 0 Å². The highest BCUT2D eigenvalue weighted by Gasteiger charge is 2.46. The molecule has 328 valence electrons. The molecule has 2 saturated heterocycles. The van der Waals surface area contributed by atoms with Crippen molar-refractivity contribution in [2.75, 3.05) is 47.6 Å². The predicted octanol–water partition coefficient (Wildman–Crippen LogP) is 6.74. The van der Waals surface area contributed by atoms with Gasteiger partial charge in [-0.25, -0.2) is 9.69 Å². The zero-order valence-corrected chi connectivity index (χ0v) is 35.5. The molecular formula is C46H55N7O9. The average Bonchev–Trinajstić information content (AvgIpc) is 3.80. The summed E-state index contributed by atoms with van der Waals surface area (Å²) in [7, 11) is 3.47. The van der Waals surface area contributed by atoms with Gasteiger partial charge in [-0.15, -0.1) is 0 Å². The van der Waals surface area contributed by atoms with E-state index in [1.165, 1.54) is 11.0 Å². The topological polar surface area (TPSA) is 189 Å². The van der Waals surface area contributed by atoms with Gasteiger partial charge in [-0.05, 0) is 105 Å². The van der Waals surface area contributed by atoms with Crippen molar-refractivity contribution >= 4 is 52.3 Å². The number of aryl methyl sites for hydroxylation is 3. The lowest BCUT2D eigenvalue weighted by atomic mass is 10.00. The first-order valence-corrected chi connectivity index (χ1v) is 21.1. The van der Waals surface area contributed by atoms with Gasteiger partial charge in [0.1, 0.15) is 18.1 Å². The molecule has 4 amide bonds. The Morgan fingerprint density at radius 3 is 2.47 bits per heavy atom. The molecular weight excluding hydrogens is 795 g/mol. The monoisotopic (exact) mass is 849 g/mol. The minimum Gasteiger partial charge on any atom is -0.493 e. The van der Waals surface area contributed by atoms with Crippen molar-refractivity contribution < 1.29 is 42.9 Å². The standard InChI is InChI=1S/C46H55N7O9/c1-5-19-61-46(58)53-36-26-40(29(2)22-34(36)44(57)52-18-8-6-11-35(52)45(53)62-42-13-7-9-20-60-42)59-21-10-12-41(55)48-33-25-37(51(4)28-33)39(54)24-30-23-38(50(3)27-30)43(56)49-32-16-14-31(47)15-17-32/h5,14-17,22-23,25-28,35,42,45H,1,6-13,18-21,24,47H2,2-4H3,(H,48,55)(H,49,56)/t35-,42?,45?/m0/s1. The van der Waals surface area contributed by atoms with Crippen LogP contribution >= 0.6 is 0 Å². The number of carbonyl (C=O) groups is 5. The third-order valence-electron chi connectivity index (χ3n) is 11.3. The first-order valence-electron chi connectivity index (χ1n) is 21.1. The number of nitrogens with zero attached hydrogens (tertiary/aromatic N) is 4. The van der Waals surface area contributed by atoms with E-state index in [9.17, 15) is 24.0 Å². The Kier molecular flexibility index (Phi) is 13.8. The third-order valence-corrected chi connectivity index (χ3v) is 11.3. The van der Waals surface area contributed by atoms with Gasteiger partial charge in [0.05, 0.1) is 35.3 Å². The van der Waals surface area contributed by atoms with Gasteiger partial charge >= 0.3 is 6.09 Å². The molecule has 0 bridgehead atoms. The van der Waals surface area contributed by atoms with Gasteiger partial charge in [0.25, 0.3) is 11.8 Å². The number of nitrogen functional groups attached to an aromatic ring is 1. The minimum atomic E-state index is -0.861. The maximum absolute atomic E-state index is 14.2. The molecule has 7 rings (SSSR count). The van der Waals surface area contributed by atoms with E-state index in [1.807, 2.05) is 11.8 Å². The lowest BCUT2D eigenvalue weighted by molar-refractivity contribution is -0.198. The van der Waals surface area contributed by atoms with Crippen LogP contribution in [0.5, 0.6) is 5.75 Å². The fourth-order valence-electron chi connectivity index (χ4n) is 8.24. The summed E-state index contributed by atoms with van der Waals surface area (Å²) in [5, 5.41) is 5.71. The summed E-state index contributed by atoms with van der Waals surface area (Å²) in [5.74, 6) is -0.504. The second kappa shape index (κ2) is 19.5. The van der Waals surface area contributed by atoms with E-state index in [1.54, 1.807) is 84.2 Å². The van der Waals surface area contributed by atoms with Gasteiger partial charge in [-0.1, -0.05) is 12.7 Å². The molecule has 4 aromatic rings. The Bertz CT molecular complexity index is 2310. The van der Waals surface area contributed by atoms with Crippen molar-refractivity contribution in [3.05, 3.63) is 102 Å². The van der Waals surface area contributed by atoms with Crippen molar-refractivity contribution in [1.29, 1.82) is 0 Å². The number of carbonyl (C=O) groups excluding carboxylic acids is 5. The number of hydrogen-bond donors (Lipinski definition) is 3. The maximum Gasteiger partial charge on any atom is 0.416 e. The second-order valence-corrected chi connectivity index (χ2v) is 16.0. The van der Waals surface area contributed by atoms with E-state index in [0.717, 1.165) is 25.7 Å². The fourth-order valence-corrected chi connectivity index (χ4v) is 8.24. The van der Waals surface area contributed by atoms with E-state index in [4.69, 9.17) is 24.7 Å². The molecule has 0 radical (unpaired) electrons. The molecule has 2 aromatic heterocycles. The molecule has 3 aliphatic rings. The number of hydrogen-bond acceptors (Lipinski definition) is 10. The quantitative estimate of drug-likeness (QED) is 0.0501. The van der Waals surface area contributed by atoms with Crippen LogP contribution in [0.4, 0.5) is 27.5 Å². The van der Waals surface area contributed by atoms with E-state index in [2.05, 4.69) is 17.2 Å². The van der Waals surface area contributed by atoms with Gasteiger partial charge in [0, 0.05) is 69.9 Å². The number of ether oxygens (including phenoxy) is 4. The van der Waals surface area contributed by atoms with Gasteiger partial charge in [-0.2, -0.15) is 0 Å². The van der Waals surface area contributed by atoms with E-state index in [0.29, 0.717) is 89.0 Å². The Labute approximate surface area is 360 Å². The number of aromatic nitrogens is 2. The maximum atomic E-state index is 14.2. The number of nitrogens with one attached hydrogen (secondary N) is 2. The number of benzene rings is 2. The Balaban J connectivity index is 0.979. The van der Waals surface area contributed by atoms with E-state index >= 15 is 0 Å². The SMILES string of the molecule is C=CCOC(=O)N1c2cc(OCCCC(=O)Nc3cc(C(=O)Cc4cc(C(=O)Nc5ccc(N)cc5)n(C)c4)n(C)c3)c(C)cc2C(=O)N2CCCC[C@H]2C1OC1CCCCO1. The highest BCUT2D eigenvalue weighted by atomic mass is 16.7. The highest BCUT2D eigenvalue weighted by Crippen LogP contribution is 2.40. The zero-order valence-electron chi connectivity index (χ0n) is 35.5. The average molecular weight is 850 g/mol. The number of rotatable bonds is 15. The van der Waals surface area contributed by atoms with Crippen LogP contribution in [-0.2, 0) is 39.5 Å². The third kappa shape index (κ3) is 10.0. The fraction of sp³-hybridized carbons (Fsp3) is 0.413. The van der Waals surface area contributed by atoms with Crippen LogP contribution in [0.3, 0.4) is 0 Å². The molecule has 2 fully saturated rings. The summed E-state index contributed by atoms with van der Waals surface area (Å²) < 4.78 is 27.7. The lowest BCUT2D eigenvalue weighted by Gasteiger charge is -2.42. The van der Waals surface area contributed by atoms with Gasteiger partial charge < -0.3 is 49.3 Å². The molecule has 5 heterocycles. The number of Topliss-reactive ketones (excluding diaryl/α,β-unsaturated/α-hetero) is 1. The van der Waals surface area contributed by atoms with Gasteiger partial charge in [0.15, 0.2) is 18.3 Å². The number of fused-ring (bicyclic) bond motifs is 2. The van der Waals surface area contributed by atoms with Gasteiger partial charge in [0.2, 0.25) is 5.91 Å². The summed E-state index contributed by atoms with van der Waals surface area (Å²) in [4.78, 5) is 70.8. The molecule has 3 aliphatic heterocycles. The lowest BCUT2D eigenvalue weighted by Crippen LogP contribution is -2.57. The number of piperidine rings is 1. The molecule has 3 atom stereocenters. The molecule has 16 nitrogen and oxygen atoms in total. The summed E-state index contributed by atoms with van der Waals surface area (Å²) in [5.41, 5.74) is 10.2. The largest absolute Gasteiger partial charge is 0.493 e. The number of anilines is 4. The molecule has 4 N–H and O–H groups in total. The molecule has 62 heavy (non-hydrogen) atoms. The summed E-state index contributed by atoms with van der Waals surface area (Å²) in [6, 6.07) is 13.2. The van der Waals surface area contributed by atoms with Crippen LogP contribution in [-0.4, -0.2) is 88.6 Å². The molecule has 0 spiro atoms. The predicted molar refractivity (Wildman–Crippen MR) is 233 cm³/mol. The Hall–Kier alpha value is -6.39. The normalized spacial score (nSPS) is 18.6. The Morgan fingerprint density at radius 1 is 0.935 bits per heavy atom. The molecule has 2 unspecified atom stereocenters. The van der Waals surface area contributed by atoms with E-state index in [-0.39, 0.29) is 49.6 Å². The van der Waals surface area contributed by atoms with Crippen LogP contribution < -0.4 is 26.0 Å². The first-order chi connectivity index (χ1) is 29.9. The summed E-state index contributed by atoms with van der Waals surface area (Å²) in [6.07, 6.45) is 8.26. The van der Waals surface area contributed by atoms with E-state index < -0.39 is 24.7 Å². The summed E-state index contributed by atoms with van der Waals surface area (Å²) >= 11 is 0. The van der Waals surface area contributed by atoms with Crippen LogP contribution in [0.2, 0.25) is 0 Å².